The molecule has 1 nitrogen and oxygen atoms in total. The predicted octanol–water partition coefficient (Wildman–Crippen LogP) is 4.08. The zero-order valence-electron chi connectivity index (χ0n) is 9.05. The van der Waals surface area contributed by atoms with Crippen LogP contribution >= 0.6 is 11.6 Å². The highest BCUT2D eigenvalue weighted by molar-refractivity contribution is 6.30. The summed E-state index contributed by atoms with van der Waals surface area (Å²) in [5.74, 6) is 0. The maximum absolute atomic E-state index is 14.1. The third kappa shape index (κ3) is 2.84. The molecule has 0 aromatic heterocycles. The van der Waals surface area contributed by atoms with E-state index in [1.54, 1.807) is 48.5 Å². The van der Waals surface area contributed by atoms with Crippen LogP contribution < -0.4 is 0 Å². The van der Waals surface area contributed by atoms with Gasteiger partial charge < -0.3 is 5.11 Å². The summed E-state index contributed by atoms with van der Waals surface area (Å²) in [6, 6.07) is 15.2. The molecule has 2 atom stereocenters. The minimum atomic E-state index is -1.45. The fourth-order valence-electron chi connectivity index (χ4n) is 1.65. The lowest BCUT2D eigenvalue weighted by Crippen LogP contribution is -2.06. The number of aliphatic hydroxyl groups excluding tert-OH is 1. The number of rotatable bonds is 3. The van der Waals surface area contributed by atoms with Crippen molar-refractivity contribution in [3.8, 4) is 0 Å². The lowest BCUT2D eigenvalue weighted by atomic mass is 10.00. The van der Waals surface area contributed by atoms with Crippen LogP contribution in [0.3, 0.4) is 0 Å². The Kier molecular flexibility index (Phi) is 3.77. The van der Waals surface area contributed by atoms with E-state index in [0.29, 0.717) is 16.1 Å². The van der Waals surface area contributed by atoms with E-state index in [9.17, 15) is 9.50 Å². The highest BCUT2D eigenvalue weighted by Crippen LogP contribution is 2.32. The average Bonchev–Trinajstić information content (AvgIpc) is 2.39. The first kappa shape index (κ1) is 12.1. The molecule has 2 aromatic carbocycles. The van der Waals surface area contributed by atoms with Crippen LogP contribution in [0.5, 0.6) is 0 Å². The maximum atomic E-state index is 14.1. The molecule has 0 aliphatic heterocycles. The molecular weight excluding hydrogens is 239 g/mol. The Morgan fingerprint density at radius 3 is 2.06 bits per heavy atom. The Bertz CT molecular complexity index is 469. The Hall–Kier alpha value is -1.38. The van der Waals surface area contributed by atoms with Gasteiger partial charge in [0.15, 0.2) is 6.17 Å². The molecule has 2 rings (SSSR count). The van der Waals surface area contributed by atoms with Gasteiger partial charge in [-0.2, -0.15) is 0 Å². The van der Waals surface area contributed by atoms with Gasteiger partial charge in [-0.1, -0.05) is 54.1 Å². The Labute approximate surface area is 104 Å². The summed E-state index contributed by atoms with van der Waals surface area (Å²) < 4.78 is 14.1. The number of halogens is 2. The predicted molar refractivity (Wildman–Crippen MR) is 66.7 cm³/mol. The second-order valence-corrected chi connectivity index (χ2v) is 4.25. The van der Waals surface area contributed by atoms with Gasteiger partial charge in [-0.05, 0) is 23.3 Å². The number of aliphatic hydroxyl groups is 1. The number of benzene rings is 2. The molecule has 88 valence electrons. The SMILES string of the molecule is O[C@@H](c1ccccc1)[C@@H](F)c1ccc(Cl)cc1. The first-order valence-corrected chi connectivity index (χ1v) is 5.69. The molecule has 0 bridgehead atoms. The Morgan fingerprint density at radius 2 is 1.47 bits per heavy atom. The highest BCUT2D eigenvalue weighted by Gasteiger charge is 2.21. The van der Waals surface area contributed by atoms with Crippen LogP contribution in [0.15, 0.2) is 54.6 Å². The normalized spacial score (nSPS) is 14.3. The van der Waals surface area contributed by atoms with Gasteiger partial charge in [0.25, 0.3) is 0 Å². The van der Waals surface area contributed by atoms with Crippen LogP contribution in [0.4, 0.5) is 4.39 Å². The van der Waals surface area contributed by atoms with Gasteiger partial charge in [0.05, 0.1) is 0 Å². The van der Waals surface area contributed by atoms with Crippen molar-refractivity contribution >= 4 is 11.6 Å². The van der Waals surface area contributed by atoms with Crippen molar-refractivity contribution in [3.63, 3.8) is 0 Å². The van der Waals surface area contributed by atoms with E-state index >= 15 is 0 Å². The summed E-state index contributed by atoms with van der Waals surface area (Å²) in [6.45, 7) is 0. The molecule has 0 saturated heterocycles. The minimum Gasteiger partial charge on any atom is -0.385 e. The zero-order chi connectivity index (χ0) is 12.3. The second kappa shape index (κ2) is 5.30. The molecule has 0 aliphatic rings. The molecule has 0 heterocycles. The largest absolute Gasteiger partial charge is 0.385 e. The van der Waals surface area contributed by atoms with E-state index in [1.165, 1.54) is 0 Å². The number of hydrogen-bond donors (Lipinski definition) is 1. The Balaban J connectivity index is 2.20. The van der Waals surface area contributed by atoms with Crippen molar-refractivity contribution in [2.24, 2.45) is 0 Å². The van der Waals surface area contributed by atoms with E-state index in [2.05, 4.69) is 0 Å². The smallest absolute Gasteiger partial charge is 0.155 e. The molecule has 0 amide bonds. The molecule has 2 aromatic rings. The number of alkyl halides is 1. The molecule has 0 aliphatic carbocycles. The molecule has 0 fully saturated rings. The third-order valence-electron chi connectivity index (χ3n) is 2.61. The summed E-state index contributed by atoms with van der Waals surface area (Å²) in [7, 11) is 0. The molecule has 0 spiro atoms. The van der Waals surface area contributed by atoms with Crippen LogP contribution in [0, 0.1) is 0 Å². The Morgan fingerprint density at radius 1 is 0.882 bits per heavy atom. The summed E-state index contributed by atoms with van der Waals surface area (Å²) >= 11 is 5.73. The van der Waals surface area contributed by atoms with Gasteiger partial charge in [-0.25, -0.2) is 4.39 Å². The molecule has 0 radical (unpaired) electrons. The first-order chi connectivity index (χ1) is 8.18. The van der Waals surface area contributed by atoms with Crippen LogP contribution in [0.25, 0.3) is 0 Å². The molecule has 3 heteroatoms. The molecule has 0 unspecified atom stereocenters. The average molecular weight is 251 g/mol. The van der Waals surface area contributed by atoms with Crippen molar-refractivity contribution in [1.82, 2.24) is 0 Å². The van der Waals surface area contributed by atoms with Crippen LogP contribution in [0.1, 0.15) is 23.4 Å². The first-order valence-electron chi connectivity index (χ1n) is 5.31. The van der Waals surface area contributed by atoms with Crippen LogP contribution in [0.2, 0.25) is 5.02 Å². The summed E-state index contributed by atoms with van der Waals surface area (Å²) in [5, 5.41) is 10.5. The standard InChI is InChI=1S/C14H12ClFO/c15-12-8-6-10(7-9-12)13(16)14(17)11-4-2-1-3-5-11/h1-9,13-14,17H/t13-,14-/m0/s1. The van der Waals surface area contributed by atoms with Crippen molar-refractivity contribution in [1.29, 1.82) is 0 Å². The van der Waals surface area contributed by atoms with Gasteiger partial charge in [-0.15, -0.1) is 0 Å². The molecular formula is C14H12ClFO. The van der Waals surface area contributed by atoms with E-state index < -0.39 is 12.3 Å². The van der Waals surface area contributed by atoms with E-state index in [1.807, 2.05) is 6.07 Å². The van der Waals surface area contributed by atoms with Gasteiger partial charge in [0.2, 0.25) is 0 Å². The van der Waals surface area contributed by atoms with E-state index in [-0.39, 0.29) is 0 Å². The number of hydrogen-bond acceptors (Lipinski definition) is 1. The van der Waals surface area contributed by atoms with Gasteiger partial charge in [0.1, 0.15) is 6.10 Å². The molecule has 17 heavy (non-hydrogen) atoms. The van der Waals surface area contributed by atoms with Crippen molar-refractivity contribution in [2.75, 3.05) is 0 Å². The van der Waals surface area contributed by atoms with Crippen molar-refractivity contribution in [3.05, 3.63) is 70.7 Å². The van der Waals surface area contributed by atoms with Gasteiger partial charge in [0, 0.05) is 5.02 Å². The summed E-state index contributed by atoms with van der Waals surface area (Å²) in [6.07, 6.45) is -2.60. The highest BCUT2D eigenvalue weighted by atomic mass is 35.5. The topological polar surface area (TPSA) is 20.2 Å². The van der Waals surface area contributed by atoms with Crippen LogP contribution in [-0.2, 0) is 0 Å². The fourth-order valence-corrected chi connectivity index (χ4v) is 1.77. The van der Waals surface area contributed by atoms with Crippen molar-refractivity contribution in [2.45, 2.75) is 12.3 Å². The second-order valence-electron chi connectivity index (χ2n) is 3.81. The fraction of sp³-hybridized carbons (Fsp3) is 0.143. The summed E-state index contributed by atoms with van der Waals surface area (Å²) in [5.41, 5.74) is 0.987. The molecule has 0 saturated carbocycles. The third-order valence-corrected chi connectivity index (χ3v) is 2.86. The van der Waals surface area contributed by atoms with E-state index in [0.717, 1.165) is 0 Å². The maximum Gasteiger partial charge on any atom is 0.155 e. The van der Waals surface area contributed by atoms with Gasteiger partial charge >= 0.3 is 0 Å². The minimum absolute atomic E-state index is 0.422. The van der Waals surface area contributed by atoms with Crippen molar-refractivity contribution < 1.29 is 9.50 Å². The quantitative estimate of drug-likeness (QED) is 0.870. The molecule has 1 N–H and O–H groups in total. The summed E-state index contributed by atoms with van der Waals surface area (Å²) in [4.78, 5) is 0. The lowest BCUT2D eigenvalue weighted by molar-refractivity contribution is 0.0775. The zero-order valence-corrected chi connectivity index (χ0v) is 9.81. The van der Waals surface area contributed by atoms with E-state index in [4.69, 9.17) is 11.6 Å². The van der Waals surface area contributed by atoms with Gasteiger partial charge in [-0.3, -0.25) is 0 Å². The lowest BCUT2D eigenvalue weighted by Gasteiger charge is -2.16. The monoisotopic (exact) mass is 250 g/mol. The van der Waals surface area contributed by atoms with Crippen LogP contribution in [-0.4, -0.2) is 5.11 Å².